The van der Waals surface area contributed by atoms with Crippen molar-refractivity contribution < 1.29 is 9.53 Å². The van der Waals surface area contributed by atoms with Crippen molar-refractivity contribution in [3.8, 4) is 5.75 Å². The van der Waals surface area contributed by atoms with Crippen molar-refractivity contribution >= 4 is 11.6 Å². The molecule has 0 aliphatic heterocycles. The van der Waals surface area contributed by atoms with Gasteiger partial charge in [0.15, 0.2) is 0 Å². The Kier molecular flexibility index (Phi) is 4.21. The number of ether oxygens (including phenoxy) is 1. The van der Waals surface area contributed by atoms with Crippen LogP contribution < -0.4 is 15.8 Å². The molecule has 20 heavy (non-hydrogen) atoms. The van der Waals surface area contributed by atoms with Crippen molar-refractivity contribution in [2.45, 2.75) is 45.6 Å². The predicted molar refractivity (Wildman–Crippen MR) is 80.9 cm³/mol. The average molecular weight is 276 g/mol. The molecule has 1 fully saturated rings. The van der Waals surface area contributed by atoms with Crippen molar-refractivity contribution in [2.24, 2.45) is 5.41 Å². The SMILES string of the molecule is COc1cccc(C(=O)NC2CCC(C)(C)CC2)c1N. The van der Waals surface area contributed by atoms with Gasteiger partial charge in [0, 0.05) is 6.04 Å². The number of nitrogens with two attached hydrogens (primary N) is 1. The number of carbonyl (C=O) groups is 1. The van der Waals surface area contributed by atoms with Gasteiger partial charge in [0.1, 0.15) is 5.75 Å². The highest BCUT2D eigenvalue weighted by Crippen LogP contribution is 2.35. The summed E-state index contributed by atoms with van der Waals surface area (Å²) >= 11 is 0. The van der Waals surface area contributed by atoms with Gasteiger partial charge < -0.3 is 15.8 Å². The fourth-order valence-electron chi connectivity index (χ4n) is 2.73. The zero-order chi connectivity index (χ0) is 14.8. The van der Waals surface area contributed by atoms with E-state index in [0.717, 1.165) is 25.7 Å². The first kappa shape index (κ1) is 14.7. The van der Waals surface area contributed by atoms with Gasteiger partial charge in [-0.3, -0.25) is 4.79 Å². The summed E-state index contributed by atoms with van der Waals surface area (Å²) in [6.07, 6.45) is 4.35. The number of rotatable bonds is 3. The zero-order valence-electron chi connectivity index (χ0n) is 12.5. The summed E-state index contributed by atoms with van der Waals surface area (Å²) in [7, 11) is 1.55. The van der Waals surface area contributed by atoms with E-state index in [-0.39, 0.29) is 11.9 Å². The number of benzene rings is 1. The number of methoxy groups -OCH3 is 1. The quantitative estimate of drug-likeness (QED) is 0.834. The molecule has 0 atom stereocenters. The van der Waals surface area contributed by atoms with E-state index >= 15 is 0 Å². The molecule has 0 aromatic heterocycles. The monoisotopic (exact) mass is 276 g/mol. The van der Waals surface area contributed by atoms with Gasteiger partial charge in [-0.05, 0) is 43.2 Å². The third-order valence-electron chi connectivity index (χ3n) is 4.21. The second-order valence-corrected chi connectivity index (χ2v) is 6.33. The third kappa shape index (κ3) is 3.24. The van der Waals surface area contributed by atoms with E-state index in [1.54, 1.807) is 25.3 Å². The normalized spacial score (nSPS) is 18.6. The zero-order valence-corrected chi connectivity index (χ0v) is 12.5. The average Bonchev–Trinajstić information content (AvgIpc) is 2.41. The Labute approximate surface area is 120 Å². The molecule has 3 N–H and O–H groups in total. The molecule has 1 saturated carbocycles. The summed E-state index contributed by atoms with van der Waals surface area (Å²) in [5, 5.41) is 3.09. The van der Waals surface area contributed by atoms with E-state index < -0.39 is 0 Å². The summed E-state index contributed by atoms with van der Waals surface area (Å²) < 4.78 is 5.15. The van der Waals surface area contributed by atoms with E-state index in [1.165, 1.54) is 0 Å². The lowest BCUT2D eigenvalue weighted by Crippen LogP contribution is -2.39. The first-order chi connectivity index (χ1) is 9.43. The van der Waals surface area contributed by atoms with Gasteiger partial charge in [-0.2, -0.15) is 0 Å². The first-order valence-electron chi connectivity index (χ1n) is 7.16. The minimum atomic E-state index is -0.105. The van der Waals surface area contributed by atoms with Crippen molar-refractivity contribution in [3.63, 3.8) is 0 Å². The van der Waals surface area contributed by atoms with Gasteiger partial charge in [0.2, 0.25) is 0 Å². The van der Waals surface area contributed by atoms with Gasteiger partial charge in [-0.1, -0.05) is 19.9 Å². The fraction of sp³-hybridized carbons (Fsp3) is 0.562. The predicted octanol–water partition coefficient (Wildman–Crippen LogP) is 2.98. The molecular weight excluding hydrogens is 252 g/mol. The van der Waals surface area contributed by atoms with Crippen molar-refractivity contribution in [3.05, 3.63) is 23.8 Å². The molecule has 0 radical (unpaired) electrons. The van der Waals surface area contributed by atoms with Crippen LogP contribution in [-0.4, -0.2) is 19.1 Å². The molecule has 0 bridgehead atoms. The molecule has 110 valence electrons. The van der Waals surface area contributed by atoms with Crippen LogP contribution in [0.3, 0.4) is 0 Å². The number of hydrogen-bond donors (Lipinski definition) is 2. The number of anilines is 1. The van der Waals surface area contributed by atoms with Crippen LogP contribution in [0.4, 0.5) is 5.69 Å². The highest BCUT2D eigenvalue weighted by Gasteiger charge is 2.28. The highest BCUT2D eigenvalue weighted by molar-refractivity contribution is 6.00. The van der Waals surface area contributed by atoms with Gasteiger partial charge in [0.05, 0.1) is 18.4 Å². The Morgan fingerprint density at radius 2 is 2.00 bits per heavy atom. The van der Waals surface area contributed by atoms with E-state index in [4.69, 9.17) is 10.5 Å². The number of nitrogens with one attached hydrogen (secondary N) is 1. The molecule has 1 aliphatic carbocycles. The molecule has 0 spiro atoms. The fourth-order valence-corrected chi connectivity index (χ4v) is 2.73. The molecular formula is C16H24N2O2. The lowest BCUT2D eigenvalue weighted by molar-refractivity contribution is 0.0909. The summed E-state index contributed by atoms with van der Waals surface area (Å²) in [6, 6.07) is 5.53. The minimum absolute atomic E-state index is 0.105. The summed E-state index contributed by atoms with van der Waals surface area (Å²) in [6.45, 7) is 4.57. The molecule has 1 amide bonds. The molecule has 1 aromatic carbocycles. The lowest BCUT2D eigenvalue weighted by Gasteiger charge is -2.34. The second kappa shape index (κ2) is 5.73. The molecule has 0 unspecified atom stereocenters. The van der Waals surface area contributed by atoms with Crippen molar-refractivity contribution in [1.29, 1.82) is 0 Å². The van der Waals surface area contributed by atoms with Gasteiger partial charge in [0.25, 0.3) is 5.91 Å². The van der Waals surface area contributed by atoms with Crippen LogP contribution in [0.25, 0.3) is 0 Å². The maximum atomic E-state index is 12.3. The Morgan fingerprint density at radius 3 is 2.60 bits per heavy atom. The number of amides is 1. The van der Waals surface area contributed by atoms with Crippen LogP contribution in [0.15, 0.2) is 18.2 Å². The standard InChI is InChI=1S/C16H24N2O2/c1-16(2)9-7-11(8-10-16)18-15(19)12-5-4-6-13(20-3)14(12)17/h4-6,11H,7-10,17H2,1-3H3,(H,18,19). The summed E-state index contributed by atoms with van der Waals surface area (Å²) in [4.78, 5) is 12.3. The Balaban J connectivity index is 2.03. The molecule has 1 aromatic rings. The van der Waals surface area contributed by atoms with Crippen LogP contribution in [0, 0.1) is 5.41 Å². The van der Waals surface area contributed by atoms with Crippen LogP contribution in [0.1, 0.15) is 49.9 Å². The maximum absolute atomic E-state index is 12.3. The smallest absolute Gasteiger partial charge is 0.253 e. The number of para-hydroxylation sites is 1. The Morgan fingerprint density at radius 1 is 1.35 bits per heavy atom. The molecule has 0 saturated heterocycles. The Hall–Kier alpha value is -1.71. The molecule has 2 rings (SSSR count). The van der Waals surface area contributed by atoms with Crippen LogP contribution in [0.2, 0.25) is 0 Å². The molecule has 4 nitrogen and oxygen atoms in total. The van der Waals surface area contributed by atoms with Crippen LogP contribution in [0.5, 0.6) is 5.75 Å². The van der Waals surface area contributed by atoms with Crippen molar-refractivity contribution in [1.82, 2.24) is 5.32 Å². The lowest BCUT2D eigenvalue weighted by atomic mass is 9.75. The van der Waals surface area contributed by atoms with E-state index in [9.17, 15) is 4.79 Å². The maximum Gasteiger partial charge on any atom is 0.253 e. The Bertz CT molecular complexity index is 487. The largest absolute Gasteiger partial charge is 0.495 e. The number of nitrogen functional groups attached to an aromatic ring is 1. The van der Waals surface area contributed by atoms with Crippen LogP contribution in [-0.2, 0) is 0 Å². The minimum Gasteiger partial charge on any atom is -0.495 e. The molecule has 4 heteroatoms. The molecule has 0 heterocycles. The van der Waals surface area contributed by atoms with E-state index in [1.807, 2.05) is 0 Å². The van der Waals surface area contributed by atoms with Gasteiger partial charge in [-0.25, -0.2) is 0 Å². The summed E-state index contributed by atoms with van der Waals surface area (Å²) in [5.74, 6) is 0.438. The molecule has 1 aliphatic rings. The van der Waals surface area contributed by atoms with E-state index in [0.29, 0.717) is 22.4 Å². The van der Waals surface area contributed by atoms with E-state index in [2.05, 4.69) is 19.2 Å². The van der Waals surface area contributed by atoms with Gasteiger partial charge in [-0.15, -0.1) is 0 Å². The van der Waals surface area contributed by atoms with Crippen molar-refractivity contribution in [2.75, 3.05) is 12.8 Å². The summed E-state index contributed by atoms with van der Waals surface area (Å²) in [5.41, 5.74) is 7.26. The highest BCUT2D eigenvalue weighted by atomic mass is 16.5. The number of carbonyl (C=O) groups excluding carboxylic acids is 1. The topological polar surface area (TPSA) is 64.3 Å². The first-order valence-corrected chi connectivity index (χ1v) is 7.16. The second-order valence-electron chi connectivity index (χ2n) is 6.33. The number of hydrogen-bond acceptors (Lipinski definition) is 3. The van der Waals surface area contributed by atoms with Crippen LogP contribution >= 0.6 is 0 Å². The van der Waals surface area contributed by atoms with Gasteiger partial charge >= 0.3 is 0 Å². The third-order valence-corrected chi connectivity index (χ3v) is 4.21.